The van der Waals surface area contributed by atoms with Crippen molar-refractivity contribution in [2.75, 3.05) is 14.1 Å². The van der Waals surface area contributed by atoms with Crippen LogP contribution in [0.5, 0.6) is 0 Å². The number of rotatable bonds is 2. The summed E-state index contributed by atoms with van der Waals surface area (Å²) in [6, 6.07) is 10.9. The minimum absolute atomic E-state index is 0.163. The maximum Gasteiger partial charge on any atom is 0.232 e. The van der Waals surface area contributed by atoms with Crippen LogP contribution in [0.3, 0.4) is 0 Å². The van der Waals surface area contributed by atoms with Crippen LogP contribution in [-0.2, 0) is 10.2 Å². The number of nitrogens with zero attached hydrogens (tertiary/aromatic N) is 1. The van der Waals surface area contributed by atoms with E-state index >= 15 is 0 Å². The minimum Gasteiger partial charge on any atom is -0.355 e. The second-order valence-electron chi connectivity index (χ2n) is 8.54. The van der Waals surface area contributed by atoms with Gasteiger partial charge in [0.1, 0.15) is 0 Å². The fourth-order valence-corrected chi connectivity index (χ4v) is 6.09. The molecule has 0 radical (unpaired) electrons. The van der Waals surface area contributed by atoms with E-state index in [0.717, 1.165) is 19.3 Å². The first-order chi connectivity index (χ1) is 11.4. The van der Waals surface area contributed by atoms with Crippen molar-refractivity contribution in [3.8, 4) is 0 Å². The van der Waals surface area contributed by atoms with Crippen LogP contribution in [0.25, 0.3) is 0 Å². The lowest BCUT2D eigenvalue weighted by Crippen LogP contribution is -2.60. The third-order valence-electron chi connectivity index (χ3n) is 6.56. The molecule has 1 amide bonds. The van der Waals surface area contributed by atoms with Crippen LogP contribution >= 0.6 is 12.2 Å². The highest BCUT2D eigenvalue weighted by atomic mass is 32.1. The third kappa shape index (κ3) is 2.46. The Kier molecular flexibility index (Phi) is 3.72. The average Bonchev–Trinajstić information content (AvgIpc) is 2.54. The van der Waals surface area contributed by atoms with Crippen molar-refractivity contribution in [2.45, 2.75) is 43.9 Å². The van der Waals surface area contributed by atoms with Gasteiger partial charge in [0.2, 0.25) is 5.91 Å². The van der Waals surface area contributed by atoms with Crippen molar-refractivity contribution in [3.05, 3.63) is 35.9 Å². The van der Waals surface area contributed by atoms with Gasteiger partial charge in [-0.05, 0) is 73.6 Å². The molecular formula is C20H26N2OS. The molecule has 24 heavy (non-hydrogen) atoms. The predicted octanol–water partition coefficient (Wildman–Crippen LogP) is 3.49. The zero-order chi connectivity index (χ0) is 16.9. The Morgan fingerprint density at radius 2 is 1.75 bits per heavy atom. The fourth-order valence-electron chi connectivity index (χ4n) is 6.00. The Hall–Kier alpha value is -1.42. The van der Waals surface area contributed by atoms with Gasteiger partial charge in [-0.15, -0.1) is 0 Å². The zero-order valence-electron chi connectivity index (χ0n) is 14.5. The summed E-state index contributed by atoms with van der Waals surface area (Å²) >= 11 is 5.32. The van der Waals surface area contributed by atoms with E-state index in [1.54, 1.807) is 4.90 Å². The molecule has 4 fully saturated rings. The normalized spacial score (nSPS) is 36.4. The third-order valence-corrected chi connectivity index (χ3v) is 7.02. The van der Waals surface area contributed by atoms with E-state index < -0.39 is 0 Å². The van der Waals surface area contributed by atoms with E-state index in [1.807, 2.05) is 14.1 Å². The Balaban J connectivity index is 1.66. The summed E-state index contributed by atoms with van der Waals surface area (Å²) < 4.78 is 0. The van der Waals surface area contributed by atoms with Crippen molar-refractivity contribution >= 4 is 23.2 Å². The lowest BCUT2D eigenvalue weighted by molar-refractivity contribution is -0.147. The molecule has 1 aromatic carbocycles. The highest BCUT2D eigenvalue weighted by Gasteiger charge is 2.60. The molecule has 4 atom stereocenters. The summed E-state index contributed by atoms with van der Waals surface area (Å²) in [5.74, 6) is 1.53. The van der Waals surface area contributed by atoms with Crippen LogP contribution < -0.4 is 5.32 Å². The van der Waals surface area contributed by atoms with Crippen LogP contribution in [0.15, 0.2) is 30.3 Å². The van der Waals surface area contributed by atoms with Gasteiger partial charge in [-0.2, -0.15) is 0 Å². The van der Waals surface area contributed by atoms with Crippen LogP contribution in [-0.4, -0.2) is 30.0 Å². The van der Waals surface area contributed by atoms with Crippen LogP contribution in [0.2, 0.25) is 0 Å². The molecule has 5 rings (SSSR count). The number of nitrogens with one attached hydrogen (secondary N) is 1. The molecule has 4 heteroatoms. The molecular weight excluding hydrogens is 316 g/mol. The molecule has 0 heterocycles. The summed E-state index contributed by atoms with van der Waals surface area (Å²) in [5.41, 5.74) is 1.41. The second-order valence-corrected chi connectivity index (χ2v) is 8.93. The first-order valence-electron chi connectivity index (χ1n) is 9.01. The molecule has 4 aliphatic carbocycles. The highest BCUT2D eigenvalue weighted by molar-refractivity contribution is 7.80. The standard InChI is InChI=1S/C20H26N2OS/c1-22(2)18(24)21-17(23)20-11-14-8-15(12-20)10-19(9-14,13-20)16-6-4-3-5-7-16/h3-7,14-15H,8-13H2,1-2H3,(H,21,23,24)/t14-,15+,19?,20?. The van der Waals surface area contributed by atoms with E-state index in [2.05, 4.69) is 35.6 Å². The summed E-state index contributed by atoms with van der Waals surface area (Å²) in [4.78, 5) is 15.0. The molecule has 4 aliphatic rings. The second kappa shape index (κ2) is 5.55. The average molecular weight is 343 g/mol. The van der Waals surface area contributed by atoms with E-state index in [1.165, 1.54) is 24.8 Å². The lowest BCUT2D eigenvalue weighted by atomic mass is 9.42. The lowest BCUT2D eigenvalue weighted by Gasteiger charge is -2.61. The molecule has 4 saturated carbocycles. The molecule has 0 spiro atoms. The first-order valence-corrected chi connectivity index (χ1v) is 9.42. The van der Waals surface area contributed by atoms with Gasteiger partial charge in [-0.3, -0.25) is 4.79 Å². The maximum absolute atomic E-state index is 13.2. The van der Waals surface area contributed by atoms with Crippen LogP contribution in [0.4, 0.5) is 0 Å². The summed E-state index contributed by atoms with van der Waals surface area (Å²) in [5, 5.41) is 3.56. The molecule has 1 aromatic rings. The van der Waals surface area contributed by atoms with Crippen LogP contribution in [0.1, 0.15) is 44.1 Å². The molecule has 2 unspecified atom stereocenters. The highest BCUT2D eigenvalue weighted by Crippen LogP contribution is 2.65. The van der Waals surface area contributed by atoms with Gasteiger partial charge in [-0.25, -0.2) is 0 Å². The Bertz CT molecular complexity index is 655. The van der Waals surface area contributed by atoms with Gasteiger partial charge in [0.15, 0.2) is 5.11 Å². The van der Waals surface area contributed by atoms with Gasteiger partial charge in [-0.1, -0.05) is 30.3 Å². The molecule has 1 N–H and O–H groups in total. The van der Waals surface area contributed by atoms with Crippen LogP contribution in [0, 0.1) is 17.3 Å². The van der Waals surface area contributed by atoms with Gasteiger partial charge < -0.3 is 10.2 Å². The Morgan fingerprint density at radius 3 is 2.33 bits per heavy atom. The molecule has 0 aliphatic heterocycles. The molecule has 0 saturated heterocycles. The van der Waals surface area contributed by atoms with E-state index in [4.69, 9.17) is 12.2 Å². The van der Waals surface area contributed by atoms with Crippen molar-refractivity contribution in [1.29, 1.82) is 0 Å². The number of carbonyl (C=O) groups excluding carboxylic acids is 1. The van der Waals surface area contributed by atoms with Gasteiger partial charge >= 0.3 is 0 Å². The molecule has 0 aromatic heterocycles. The topological polar surface area (TPSA) is 32.3 Å². The fraction of sp³-hybridized carbons (Fsp3) is 0.600. The quantitative estimate of drug-likeness (QED) is 0.835. The predicted molar refractivity (Wildman–Crippen MR) is 99.7 cm³/mol. The van der Waals surface area contributed by atoms with E-state index in [-0.39, 0.29) is 16.7 Å². The summed E-state index contributed by atoms with van der Waals surface area (Å²) in [7, 11) is 3.77. The van der Waals surface area contributed by atoms with Crippen molar-refractivity contribution in [2.24, 2.45) is 17.3 Å². The van der Waals surface area contributed by atoms with Gasteiger partial charge in [0.05, 0.1) is 5.41 Å². The van der Waals surface area contributed by atoms with Crippen molar-refractivity contribution in [1.82, 2.24) is 10.2 Å². The first kappa shape index (κ1) is 16.1. The largest absolute Gasteiger partial charge is 0.355 e. The number of hydrogen-bond acceptors (Lipinski definition) is 2. The molecule has 4 bridgehead atoms. The monoisotopic (exact) mass is 342 g/mol. The summed E-state index contributed by atoms with van der Waals surface area (Å²) in [6.07, 6.45) is 6.88. The SMILES string of the molecule is CN(C)C(=S)NC(=O)C12C[C@H]3C[C@@H](C1)CC(c1ccccc1)(C3)C2. The van der Waals surface area contributed by atoms with E-state index in [0.29, 0.717) is 16.9 Å². The number of hydrogen-bond donors (Lipinski definition) is 1. The van der Waals surface area contributed by atoms with Crippen molar-refractivity contribution in [3.63, 3.8) is 0 Å². The number of amides is 1. The smallest absolute Gasteiger partial charge is 0.232 e. The zero-order valence-corrected chi connectivity index (χ0v) is 15.4. The molecule has 3 nitrogen and oxygen atoms in total. The number of benzene rings is 1. The minimum atomic E-state index is -0.222. The Labute approximate surface area is 149 Å². The van der Waals surface area contributed by atoms with Gasteiger partial charge in [0, 0.05) is 14.1 Å². The number of thiocarbonyl (C=S) groups is 1. The number of carbonyl (C=O) groups is 1. The maximum atomic E-state index is 13.2. The Morgan fingerprint density at radius 1 is 1.12 bits per heavy atom. The summed E-state index contributed by atoms with van der Waals surface area (Å²) in [6.45, 7) is 0. The molecule has 128 valence electrons. The van der Waals surface area contributed by atoms with E-state index in [9.17, 15) is 4.79 Å². The van der Waals surface area contributed by atoms with Gasteiger partial charge in [0.25, 0.3) is 0 Å². The van der Waals surface area contributed by atoms with Crippen molar-refractivity contribution < 1.29 is 4.79 Å².